The van der Waals surface area contributed by atoms with Crippen molar-refractivity contribution >= 4 is 40.6 Å². The van der Waals surface area contributed by atoms with Crippen LogP contribution < -0.4 is 10.6 Å². The molecule has 2 N–H and O–H groups in total. The number of nitrogens with one attached hydrogen (secondary N) is 2. The summed E-state index contributed by atoms with van der Waals surface area (Å²) in [7, 11) is 0. The average Bonchev–Trinajstić information content (AvgIpc) is 2.64. The van der Waals surface area contributed by atoms with Crippen LogP contribution in [0.15, 0.2) is 55.0 Å². The fourth-order valence-corrected chi connectivity index (χ4v) is 2.29. The Labute approximate surface area is 154 Å². The van der Waals surface area contributed by atoms with Gasteiger partial charge in [-0.05, 0) is 30.3 Å². The largest absolute Gasteiger partial charge is 0.363 e. The summed E-state index contributed by atoms with van der Waals surface area (Å²) in [6.07, 6.45) is 4.61. The fourth-order valence-electron chi connectivity index (χ4n) is 1.99. The van der Waals surface area contributed by atoms with Gasteiger partial charge in [0.1, 0.15) is 11.5 Å². The Kier molecular flexibility index (Phi) is 5.42. The molecule has 0 saturated carbocycles. The predicted molar refractivity (Wildman–Crippen MR) is 98.0 cm³/mol. The minimum absolute atomic E-state index is 0.189. The molecule has 126 valence electrons. The molecule has 0 unspecified atom stereocenters. The van der Waals surface area contributed by atoms with Crippen LogP contribution in [0.3, 0.4) is 0 Å². The summed E-state index contributed by atoms with van der Waals surface area (Å²) in [5.74, 6) is 0.166. The summed E-state index contributed by atoms with van der Waals surface area (Å²) < 4.78 is 0. The molecular weight excluding hydrogens is 361 g/mol. The fraction of sp³-hybridized carbons (Fsp3) is 0.0588. The Bertz CT molecular complexity index is 872. The molecule has 0 aliphatic carbocycles. The van der Waals surface area contributed by atoms with E-state index in [4.69, 9.17) is 23.2 Å². The molecule has 2 heterocycles. The maximum atomic E-state index is 12.2. The van der Waals surface area contributed by atoms with E-state index in [9.17, 15) is 4.79 Å². The normalized spacial score (nSPS) is 10.3. The van der Waals surface area contributed by atoms with Crippen LogP contribution in [0.4, 0.5) is 11.5 Å². The standard InChI is InChI=1S/C17H13Cl2N5O/c18-13-5-4-11(7-14(13)19)24-17(25)15-9-23-16(10-21-15)22-8-12-3-1-2-6-20-12/h1-7,9-10H,8H2,(H,22,23)(H,24,25). The van der Waals surface area contributed by atoms with Crippen LogP contribution in [0.2, 0.25) is 10.0 Å². The van der Waals surface area contributed by atoms with Crippen molar-refractivity contribution in [3.05, 3.63) is 76.4 Å². The molecule has 8 heteroatoms. The van der Waals surface area contributed by atoms with Gasteiger partial charge >= 0.3 is 0 Å². The number of pyridine rings is 1. The number of nitrogens with zero attached hydrogens (tertiary/aromatic N) is 3. The predicted octanol–water partition coefficient (Wildman–Crippen LogP) is 4.04. The lowest BCUT2D eigenvalue weighted by molar-refractivity contribution is 0.102. The Morgan fingerprint density at radius 1 is 1.00 bits per heavy atom. The topological polar surface area (TPSA) is 79.8 Å². The monoisotopic (exact) mass is 373 g/mol. The zero-order valence-corrected chi connectivity index (χ0v) is 14.4. The van der Waals surface area contributed by atoms with Gasteiger partial charge in [0.15, 0.2) is 0 Å². The van der Waals surface area contributed by atoms with E-state index < -0.39 is 0 Å². The smallest absolute Gasteiger partial charge is 0.275 e. The highest BCUT2D eigenvalue weighted by atomic mass is 35.5. The van der Waals surface area contributed by atoms with Gasteiger partial charge in [0, 0.05) is 11.9 Å². The molecule has 0 radical (unpaired) electrons. The second-order valence-corrected chi connectivity index (χ2v) is 5.86. The SMILES string of the molecule is O=C(Nc1ccc(Cl)c(Cl)c1)c1cnc(NCc2ccccn2)cn1. The Morgan fingerprint density at radius 2 is 1.88 bits per heavy atom. The summed E-state index contributed by atoms with van der Waals surface area (Å²) in [5, 5.41) is 6.56. The summed E-state index contributed by atoms with van der Waals surface area (Å²) in [4.78, 5) is 24.7. The summed E-state index contributed by atoms with van der Waals surface area (Å²) in [6.45, 7) is 0.518. The van der Waals surface area contributed by atoms with Crippen LogP contribution >= 0.6 is 23.2 Å². The molecule has 25 heavy (non-hydrogen) atoms. The lowest BCUT2D eigenvalue weighted by Crippen LogP contribution is -2.14. The second kappa shape index (κ2) is 7.92. The molecule has 2 aromatic heterocycles. The van der Waals surface area contributed by atoms with E-state index in [0.717, 1.165) is 5.69 Å². The van der Waals surface area contributed by atoms with Crippen molar-refractivity contribution in [2.24, 2.45) is 0 Å². The third-order valence-electron chi connectivity index (χ3n) is 3.24. The highest BCUT2D eigenvalue weighted by molar-refractivity contribution is 6.42. The Hall–Kier alpha value is -2.70. The van der Waals surface area contributed by atoms with Crippen molar-refractivity contribution in [1.29, 1.82) is 0 Å². The van der Waals surface area contributed by atoms with Crippen LogP contribution in [0.1, 0.15) is 16.2 Å². The average molecular weight is 374 g/mol. The zero-order chi connectivity index (χ0) is 17.6. The van der Waals surface area contributed by atoms with Crippen LogP contribution in [0.5, 0.6) is 0 Å². The van der Waals surface area contributed by atoms with Gasteiger partial charge in [-0.25, -0.2) is 9.97 Å². The van der Waals surface area contributed by atoms with Crippen LogP contribution in [-0.2, 0) is 6.54 Å². The third-order valence-corrected chi connectivity index (χ3v) is 3.98. The number of carbonyl (C=O) groups excluding carboxylic acids is 1. The van der Waals surface area contributed by atoms with Crippen LogP contribution in [0.25, 0.3) is 0 Å². The molecule has 0 aliphatic heterocycles. The highest BCUT2D eigenvalue weighted by Crippen LogP contribution is 2.25. The molecule has 1 aromatic carbocycles. The molecule has 0 spiro atoms. The van der Waals surface area contributed by atoms with Gasteiger partial charge in [-0.3, -0.25) is 9.78 Å². The van der Waals surface area contributed by atoms with E-state index in [2.05, 4.69) is 25.6 Å². The molecule has 0 aliphatic rings. The van der Waals surface area contributed by atoms with Gasteiger partial charge in [-0.15, -0.1) is 0 Å². The number of anilines is 2. The maximum Gasteiger partial charge on any atom is 0.275 e. The molecule has 0 fully saturated rings. The molecule has 0 saturated heterocycles. The van der Waals surface area contributed by atoms with Gasteiger partial charge in [0.2, 0.25) is 0 Å². The highest BCUT2D eigenvalue weighted by Gasteiger charge is 2.09. The minimum atomic E-state index is -0.387. The van der Waals surface area contributed by atoms with E-state index in [1.54, 1.807) is 24.4 Å². The van der Waals surface area contributed by atoms with Crippen molar-refractivity contribution in [2.45, 2.75) is 6.54 Å². The Morgan fingerprint density at radius 3 is 2.56 bits per heavy atom. The number of hydrogen-bond donors (Lipinski definition) is 2. The van der Waals surface area contributed by atoms with Gasteiger partial charge in [-0.2, -0.15) is 0 Å². The number of carbonyl (C=O) groups is 1. The molecule has 0 bridgehead atoms. The maximum absolute atomic E-state index is 12.2. The third kappa shape index (κ3) is 4.65. The summed E-state index contributed by atoms with van der Waals surface area (Å²) in [5.41, 5.74) is 1.60. The first-order valence-corrected chi connectivity index (χ1v) is 8.09. The van der Waals surface area contributed by atoms with Crippen LogP contribution in [-0.4, -0.2) is 20.9 Å². The van der Waals surface area contributed by atoms with Crippen molar-refractivity contribution in [3.63, 3.8) is 0 Å². The quantitative estimate of drug-likeness (QED) is 0.705. The van der Waals surface area contributed by atoms with E-state index >= 15 is 0 Å². The number of halogens is 2. The molecule has 3 rings (SSSR count). The molecular formula is C17H13Cl2N5O. The Balaban J connectivity index is 1.61. The first-order valence-electron chi connectivity index (χ1n) is 7.34. The van der Waals surface area contributed by atoms with Gasteiger partial charge in [0.25, 0.3) is 5.91 Å². The molecule has 0 atom stereocenters. The number of rotatable bonds is 5. The first-order chi connectivity index (χ1) is 12.1. The second-order valence-electron chi connectivity index (χ2n) is 5.04. The lowest BCUT2D eigenvalue weighted by atomic mass is 10.3. The number of benzene rings is 1. The minimum Gasteiger partial charge on any atom is -0.363 e. The van der Waals surface area contributed by atoms with Crippen molar-refractivity contribution < 1.29 is 4.79 Å². The van der Waals surface area contributed by atoms with E-state index in [1.165, 1.54) is 12.4 Å². The lowest BCUT2D eigenvalue weighted by Gasteiger charge is -2.07. The zero-order valence-electron chi connectivity index (χ0n) is 12.9. The first kappa shape index (κ1) is 17.1. The van der Waals surface area contributed by atoms with E-state index in [0.29, 0.717) is 28.1 Å². The molecule has 1 amide bonds. The van der Waals surface area contributed by atoms with Gasteiger partial charge in [0.05, 0.1) is 34.7 Å². The summed E-state index contributed by atoms with van der Waals surface area (Å²) in [6, 6.07) is 10.5. The van der Waals surface area contributed by atoms with Gasteiger partial charge in [-0.1, -0.05) is 29.3 Å². The van der Waals surface area contributed by atoms with Crippen LogP contribution in [0, 0.1) is 0 Å². The molecule has 3 aromatic rings. The van der Waals surface area contributed by atoms with Gasteiger partial charge < -0.3 is 10.6 Å². The number of hydrogen-bond acceptors (Lipinski definition) is 5. The van der Waals surface area contributed by atoms with E-state index in [-0.39, 0.29) is 11.6 Å². The number of amides is 1. The van der Waals surface area contributed by atoms with Crippen molar-refractivity contribution in [1.82, 2.24) is 15.0 Å². The van der Waals surface area contributed by atoms with Crippen molar-refractivity contribution in [3.8, 4) is 0 Å². The molecule has 6 nitrogen and oxygen atoms in total. The van der Waals surface area contributed by atoms with Crippen molar-refractivity contribution in [2.75, 3.05) is 10.6 Å². The number of aromatic nitrogens is 3. The summed E-state index contributed by atoms with van der Waals surface area (Å²) >= 11 is 11.8. The van der Waals surface area contributed by atoms with E-state index in [1.807, 2.05) is 18.2 Å².